The predicted molar refractivity (Wildman–Crippen MR) is 98.6 cm³/mol. The van der Waals surface area contributed by atoms with Crippen LogP contribution in [0.3, 0.4) is 0 Å². The summed E-state index contributed by atoms with van der Waals surface area (Å²) in [5.74, 6) is 0.444. The maximum Gasteiger partial charge on any atom is 0.266 e. The summed E-state index contributed by atoms with van der Waals surface area (Å²) in [6.07, 6.45) is 0.509. The molecule has 2 aromatic rings. The highest BCUT2D eigenvalue weighted by atomic mass is 32.1. The van der Waals surface area contributed by atoms with E-state index in [2.05, 4.69) is 20.3 Å². The standard InChI is InChI=1S/C16H22N6O2S/c1-5-17-16-18-9(2)12(25-16)14(24)22-7-6-10-11(8-22)19-15(21(3)4)20-13(10)23/h5-8H2,1-4H3,(H,17,18)(H,19,20,23). The van der Waals surface area contributed by atoms with E-state index in [9.17, 15) is 9.59 Å². The summed E-state index contributed by atoms with van der Waals surface area (Å²) in [6.45, 7) is 5.44. The summed E-state index contributed by atoms with van der Waals surface area (Å²) >= 11 is 1.37. The van der Waals surface area contributed by atoms with Gasteiger partial charge in [0.15, 0.2) is 5.13 Å². The molecule has 134 valence electrons. The Morgan fingerprint density at radius 1 is 1.40 bits per heavy atom. The summed E-state index contributed by atoms with van der Waals surface area (Å²) in [7, 11) is 3.64. The zero-order valence-corrected chi connectivity index (χ0v) is 15.7. The molecule has 0 saturated carbocycles. The van der Waals surface area contributed by atoms with Crippen LogP contribution in [0, 0.1) is 6.92 Å². The minimum Gasteiger partial charge on any atom is -0.362 e. The molecule has 3 rings (SSSR count). The van der Waals surface area contributed by atoms with Gasteiger partial charge >= 0.3 is 0 Å². The smallest absolute Gasteiger partial charge is 0.266 e. The molecule has 0 fully saturated rings. The van der Waals surface area contributed by atoms with Gasteiger partial charge in [-0.1, -0.05) is 11.3 Å². The number of nitrogens with zero attached hydrogens (tertiary/aromatic N) is 4. The first-order chi connectivity index (χ1) is 11.9. The lowest BCUT2D eigenvalue weighted by atomic mass is 10.1. The molecule has 0 atom stereocenters. The van der Waals surface area contributed by atoms with Crippen molar-refractivity contribution in [1.82, 2.24) is 19.9 Å². The molecule has 2 aromatic heterocycles. The Morgan fingerprint density at radius 3 is 2.84 bits per heavy atom. The van der Waals surface area contributed by atoms with E-state index in [1.54, 1.807) is 9.80 Å². The lowest BCUT2D eigenvalue weighted by molar-refractivity contribution is 0.0735. The Labute approximate surface area is 149 Å². The summed E-state index contributed by atoms with van der Waals surface area (Å²) in [4.78, 5) is 40.9. The molecule has 0 bridgehead atoms. The largest absolute Gasteiger partial charge is 0.362 e. The molecule has 2 N–H and O–H groups in total. The Hall–Kier alpha value is -2.42. The summed E-state index contributed by atoms with van der Waals surface area (Å²) < 4.78 is 0. The van der Waals surface area contributed by atoms with Gasteiger partial charge in [0.1, 0.15) is 4.88 Å². The first-order valence-corrected chi connectivity index (χ1v) is 9.02. The second kappa shape index (κ2) is 6.83. The van der Waals surface area contributed by atoms with Crippen molar-refractivity contribution in [3.8, 4) is 0 Å². The molecule has 1 aliphatic rings. The van der Waals surface area contributed by atoms with Crippen LogP contribution in [-0.2, 0) is 13.0 Å². The van der Waals surface area contributed by atoms with Crippen LogP contribution in [0.1, 0.15) is 33.5 Å². The van der Waals surface area contributed by atoms with Crippen molar-refractivity contribution >= 4 is 28.3 Å². The van der Waals surface area contributed by atoms with Crippen molar-refractivity contribution in [1.29, 1.82) is 0 Å². The SMILES string of the molecule is CCNc1nc(C)c(C(=O)N2CCc3c(nc(N(C)C)[nH]c3=O)C2)s1. The van der Waals surface area contributed by atoms with E-state index in [1.807, 2.05) is 27.9 Å². The molecular weight excluding hydrogens is 340 g/mol. The van der Waals surface area contributed by atoms with Crippen molar-refractivity contribution in [3.05, 3.63) is 32.2 Å². The molecule has 1 aliphatic heterocycles. The van der Waals surface area contributed by atoms with Crippen LogP contribution in [0.4, 0.5) is 11.1 Å². The van der Waals surface area contributed by atoms with Crippen molar-refractivity contribution < 1.29 is 4.79 Å². The highest BCUT2D eigenvalue weighted by Gasteiger charge is 2.27. The molecular formula is C16H22N6O2S. The van der Waals surface area contributed by atoms with Crippen molar-refractivity contribution in [2.75, 3.05) is 37.4 Å². The fraction of sp³-hybridized carbons (Fsp3) is 0.500. The summed E-state index contributed by atoms with van der Waals surface area (Å²) in [5, 5.41) is 3.90. The monoisotopic (exact) mass is 362 g/mol. The van der Waals surface area contributed by atoms with E-state index in [1.165, 1.54) is 11.3 Å². The molecule has 0 radical (unpaired) electrons. The van der Waals surface area contributed by atoms with Crippen LogP contribution >= 0.6 is 11.3 Å². The normalized spacial score (nSPS) is 13.5. The number of aromatic amines is 1. The van der Waals surface area contributed by atoms with E-state index in [4.69, 9.17) is 0 Å². The first-order valence-electron chi connectivity index (χ1n) is 8.20. The lowest BCUT2D eigenvalue weighted by Crippen LogP contribution is -2.39. The van der Waals surface area contributed by atoms with E-state index in [0.29, 0.717) is 41.6 Å². The van der Waals surface area contributed by atoms with Crippen LogP contribution in [0.25, 0.3) is 0 Å². The highest BCUT2D eigenvalue weighted by Crippen LogP contribution is 2.26. The first kappa shape index (κ1) is 17.4. The third-order valence-electron chi connectivity index (χ3n) is 4.09. The van der Waals surface area contributed by atoms with E-state index in [-0.39, 0.29) is 11.5 Å². The number of amides is 1. The fourth-order valence-corrected chi connectivity index (χ4v) is 3.78. The van der Waals surface area contributed by atoms with Gasteiger partial charge in [-0.3, -0.25) is 14.6 Å². The van der Waals surface area contributed by atoms with Crippen LogP contribution in [0.2, 0.25) is 0 Å². The van der Waals surface area contributed by atoms with Gasteiger partial charge in [0, 0.05) is 32.7 Å². The fourth-order valence-electron chi connectivity index (χ4n) is 2.78. The van der Waals surface area contributed by atoms with Gasteiger partial charge in [-0.15, -0.1) is 0 Å². The van der Waals surface area contributed by atoms with Crippen molar-refractivity contribution in [2.45, 2.75) is 26.8 Å². The zero-order valence-electron chi connectivity index (χ0n) is 14.8. The number of carbonyl (C=O) groups excluding carboxylic acids is 1. The van der Waals surface area contributed by atoms with Gasteiger partial charge in [0.25, 0.3) is 11.5 Å². The Balaban J connectivity index is 1.87. The number of fused-ring (bicyclic) bond motifs is 1. The number of carbonyl (C=O) groups is 1. The third kappa shape index (κ3) is 3.37. The number of aryl methyl sites for hydroxylation is 1. The van der Waals surface area contributed by atoms with Crippen LogP contribution in [0.15, 0.2) is 4.79 Å². The number of hydrogen-bond donors (Lipinski definition) is 2. The van der Waals surface area contributed by atoms with Gasteiger partial charge in [0.2, 0.25) is 5.95 Å². The molecule has 0 saturated heterocycles. The Bertz CT molecular complexity index is 857. The molecule has 0 aromatic carbocycles. The number of thiazole rings is 1. The molecule has 0 aliphatic carbocycles. The molecule has 3 heterocycles. The maximum absolute atomic E-state index is 12.9. The van der Waals surface area contributed by atoms with Crippen molar-refractivity contribution in [2.24, 2.45) is 0 Å². The predicted octanol–water partition coefficient (Wildman–Crippen LogP) is 1.23. The van der Waals surface area contributed by atoms with Crippen molar-refractivity contribution in [3.63, 3.8) is 0 Å². The van der Waals surface area contributed by atoms with Crippen LogP contribution < -0.4 is 15.8 Å². The highest BCUT2D eigenvalue weighted by molar-refractivity contribution is 7.17. The molecule has 8 nitrogen and oxygen atoms in total. The second-order valence-electron chi connectivity index (χ2n) is 6.15. The third-order valence-corrected chi connectivity index (χ3v) is 5.19. The number of hydrogen-bond acceptors (Lipinski definition) is 7. The average Bonchev–Trinajstić information content (AvgIpc) is 2.94. The van der Waals surface area contributed by atoms with Gasteiger partial charge in [-0.05, 0) is 20.3 Å². The number of rotatable bonds is 4. The molecule has 9 heteroatoms. The summed E-state index contributed by atoms with van der Waals surface area (Å²) in [6, 6.07) is 0. The molecule has 25 heavy (non-hydrogen) atoms. The minimum absolute atomic E-state index is 0.0571. The van der Waals surface area contributed by atoms with E-state index < -0.39 is 0 Å². The molecule has 0 unspecified atom stereocenters. The lowest BCUT2D eigenvalue weighted by Gasteiger charge is -2.28. The maximum atomic E-state index is 12.9. The Morgan fingerprint density at radius 2 is 2.16 bits per heavy atom. The summed E-state index contributed by atoms with van der Waals surface area (Å²) in [5.41, 5.74) is 1.94. The topological polar surface area (TPSA) is 94.2 Å². The van der Waals surface area contributed by atoms with Gasteiger partial charge in [0.05, 0.1) is 17.9 Å². The van der Waals surface area contributed by atoms with Gasteiger partial charge in [-0.2, -0.15) is 0 Å². The number of aromatic nitrogens is 3. The molecule has 0 spiro atoms. The minimum atomic E-state index is -0.121. The average molecular weight is 362 g/mol. The quantitative estimate of drug-likeness (QED) is 0.850. The van der Waals surface area contributed by atoms with Crippen LogP contribution in [-0.4, -0.2) is 52.9 Å². The second-order valence-corrected chi connectivity index (χ2v) is 7.15. The van der Waals surface area contributed by atoms with Crippen LogP contribution in [0.5, 0.6) is 0 Å². The number of H-pyrrole nitrogens is 1. The van der Waals surface area contributed by atoms with Gasteiger partial charge in [-0.25, -0.2) is 9.97 Å². The Kier molecular flexibility index (Phi) is 4.76. The van der Waals surface area contributed by atoms with E-state index in [0.717, 1.165) is 17.4 Å². The zero-order chi connectivity index (χ0) is 18.1. The van der Waals surface area contributed by atoms with E-state index >= 15 is 0 Å². The van der Waals surface area contributed by atoms with Gasteiger partial charge < -0.3 is 15.1 Å². The number of anilines is 2. The number of nitrogens with one attached hydrogen (secondary N) is 2. The molecule has 1 amide bonds.